The molecular formula is C14H19NO. The van der Waals surface area contributed by atoms with Crippen LogP contribution in [0.3, 0.4) is 0 Å². The van der Waals surface area contributed by atoms with Crippen LogP contribution in [0.4, 0.5) is 0 Å². The molecule has 2 rings (SSSR count). The van der Waals surface area contributed by atoms with Gasteiger partial charge in [-0.3, -0.25) is 0 Å². The van der Waals surface area contributed by atoms with E-state index in [1.54, 1.807) is 6.26 Å². The Morgan fingerprint density at radius 2 is 2.06 bits per heavy atom. The first-order valence-corrected chi connectivity index (χ1v) is 5.76. The van der Waals surface area contributed by atoms with Gasteiger partial charge in [0, 0.05) is 17.3 Å². The predicted octanol–water partition coefficient (Wildman–Crippen LogP) is 3.31. The maximum Gasteiger partial charge on any atom is 0.133 e. The van der Waals surface area contributed by atoms with Crippen molar-refractivity contribution in [1.29, 1.82) is 0 Å². The number of furan rings is 1. The van der Waals surface area contributed by atoms with E-state index < -0.39 is 0 Å². The summed E-state index contributed by atoms with van der Waals surface area (Å²) in [4.78, 5) is 0. The number of hydrogen-bond donors (Lipinski definition) is 1. The molecule has 1 atom stereocenters. The summed E-state index contributed by atoms with van der Waals surface area (Å²) in [6.45, 7) is 7.31. The zero-order valence-corrected chi connectivity index (χ0v) is 10.2. The standard InChI is InChI=1S/C14H19NO/c1-10(2)14(3,9-15)12-4-5-13-11(8-12)6-7-16-13/h4-8,10H,9,15H2,1-3H3. The van der Waals surface area contributed by atoms with Gasteiger partial charge in [-0.2, -0.15) is 0 Å². The van der Waals surface area contributed by atoms with E-state index in [9.17, 15) is 0 Å². The number of rotatable bonds is 3. The molecule has 1 heterocycles. The highest BCUT2D eigenvalue weighted by molar-refractivity contribution is 5.78. The third-order valence-corrected chi connectivity index (χ3v) is 3.81. The van der Waals surface area contributed by atoms with Gasteiger partial charge in [-0.1, -0.05) is 26.8 Å². The Hall–Kier alpha value is -1.28. The van der Waals surface area contributed by atoms with Crippen LogP contribution in [-0.4, -0.2) is 6.54 Å². The molecule has 1 aromatic carbocycles. The summed E-state index contributed by atoms with van der Waals surface area (Å²) in [5.74, 6) is 0.516. The van der Waals surface area contributed by atoms with Gasteiger partial charge in [-0.25, -0.2) is 0 Å². The minimum absolute atomic E-state index is 0.0332. The summed E-state index contributed by atoms with van der Waals surface area (Å²) in [5, 5.41) is 1.15. The molecule has 1 aromatic heterocycles. The molecule has 1 unspecified atom stereocenters. The molecule has 0 spiro atoms. The molecule has 16 heavy (non-hydrogen) atoms. The summed E-state index contributed by atoms with van der Waals surface area (Å²) in [7, 11) is 0. The molecule has 0 bridgehead atoms. The molecule has 2 nitrogen and oxygen atoms in total. The second kappa shape index (κ2) is 3.95. The van der Waals surface area contributed by atoms with E-state index in [0.29, 0.717) is 12.5 Å². The van der Waals surface area contributed by atoms with Crippen LogP contribution in [0.2, 0.25) is 0 Å². The predicted molar refractivity (Wildman–Crippen MR) is 67.5 cm³/mol. The Morgan fingerprint density at radius 1 is 1.31 bits per heavy atom. The van der Waals surface area contributed by atoms with E-state index >= 15 is 0 Å². The Labute approximate surface area is 96.4 Å². The minimum Gasteiger partial charge on any atom is -0.464 e. The Kier molecular flexibility index (Phi) is 2.76. The molecular weight excluding hydrogens is 198 g/mol. The van der Waals surface area contributed by atoms with Crippen LogP contribution < -0.4 is 5.73 Å². The van der Waals surface area contributed by atoms with Crippen LogP contribution in [0.1, 0.15) is 26.3 Å². The van der Waals surface area contributed by atoms with Crippen molar-refractivity contribution in [1.82, 2.24) is 0 Å². The van der Waals surface area contributed by atoms with E-state index in [1.807, 2.05) is 12.1 Å². The fourth-order valence-electron chi connectivity index (χ4n) is 2.01. The van der Waals surface area contributed by atoms with Crippen LogP contribution in [0.15, 0.2) is 34.9 Å². The van der Waals surface area contributed by atoms with Crippen LogP contribution in [0, 0.1) is 5.92 Å². The highest BCUT2D eigenvalue weighted by atomic mass is 16.3. The third-order valence-electron chi connectivity index (χ3n) is 3.81. The molecule has 0 saturated heterocycles. The first kappa shape index (κ1) is 11.2. The van der Waals surface area contributed by atoms with Crippen molar-refractivity contribution in [3.8, 4) is 0 Å². The Bertz CT molecular complexity index is 486. The van der Waals surface area contributed by atoms with E-state index in [2.05, 4.69) is 32.9 Å². The summed E-state index contributed by atoms with van der Waals surface area (Å²) in [5.41, 5.74) is 8.20. The average molecular weight is 217 g/mol. The lowest BCUT2D eigenvalue weighted by atomic mass is 9.73. The van der Waals surface area contributed by atoms with Crippen molar-refractivity contribution in [3.05, 3.63) is 36.1 Å². The molecule has 0 radical (unpaired) electrons. The average Bonchev–Trinajstić information content (AvgIpc) is 2.74. The maximum absolute atomic E-state index is 5.94. The molecule has 0 aliphatic rings. The van der Waals surface area contributed by atoms with E-state index in [1.165, 1.54) is 5.56 Å². The van der Waals surface area contributed by atoms with Crippen molar-refractivity contribution >= 4 is 11.0 Å². The first-order valence-electron chi connectivity index (χ1n) is 5.76. The van der Waals surface area contributed by atoms with E-state index in [4.69, 9.17) is 10.2 Å². The SMILES string of the molecule is CC(C)C(C)(CN)c1ccc2occc2c1. The van der Waals surface area contributed by atoms with Gasteiger partial charge < -0.3 is 10.2 Å². The maximum atomic E-state index is 5.94. The zero-order valence-electron chi connectivity index (χ0n) is 10.2. The third kappa shape index (κ3) is 1.63. The lowest BCUT2D eigenvalue weighted by Gasteiger charge is -2.33. The summed E-state index contributed by atoms with van der Waals surface area (Å²) < 4.78 is 5.35. The molecule has 0 saturated carbocycles. The van der Waals surface area contributed by atoms with Gasteiger partial charge in [0.2, 0.25) is 0 Å². The molecule has 0 fully saturated rings. The summed E-state index contributed by atoms with van der Waals surface area (Å²) in [6.07, 6.45) is 1.73. The minimum atomic E-state index is 0.0332. The van der Waals surface area contributed by atoms with Gasteiger partial charge in [0.25, 0.3) is 0 Å². The Balaban J connectivity index is 2.52. The highest BCUT2D eigenvalue weighted by Crippen LogP contribution is 2.32. The molecule has 2 aromatic rings. The molecule has 0 aliphatic carbocycles. The number of hydrogen-bond acceptors (Lipinski definition) is 2. The van der Waals surface area contributed by atoms with Gasteiger partial charge >= 0.3 is 0 Å². The quantitative estimate of drug-likeness (QED) is 0.856. The van der Waals surface area contributed by atoms with Crippen molar-refractivity contribution in [3.63, 3.8) is 0 Å². The van der Waals surface area contributed by atoms with Crippen molar-refractivity contribution < 1.29 is 4.42 Å². The fourth-order valence-corrected chi connectivity index (χ4v) is 2.01. The largest absolute Gasteiger partial charge is 0.464 e. The van der Waals surface area contributed by atoms with E-state index in [0.717, 1.165) is 11.0 Å². The molecule has 2 N–H and O–H groups in total. The smallest absolute Gasteiger partial charge is 0.133 e. The summed E-state index contributed by atoms with van der Waals surface area (Å²) in [6, 6.07) is 8.33. The van der Waals surface area contributed by atoms with Gasteiger partial charge in [0.1, 0.15) is 5.58 Å². The first-order chi connectivity index (χ1) is 7.58. The lowest BCUT2D eigenvalue weighted by molar-refractivity contribution is 0.348. The topological polar surface area (TPSA) is 39.2 Å². The van der Waals surface area contributed by atoms with Crippen molar-refractivity contribution in [2.45, 2.75) is 26.2 Å². The number of nitrogens with two attached hydrogens (primary N) is 1. The molecule has 86 valence electrons. The molecule has 0 aliphatic heterocycles. The number of benzene rings is 1. The zero-order chi connectivity index (χ0) is 11.8. The van der Waals surface area contributed by atoms with Gasteiger partial charge in [-0.05, 0) is 29.7 Å². The van der Waals surface area contributed by atoms with Crippen LogP contribution in [-0.2, 0) is 5.41 Å². The monoisotopic (exact) mass is 217 g/mol. The lowest BCUT2D eigenvalue weighted by Crippen LogP contribution is -2.36. The Morgan fingerprint density at radius 3 is 2.69 bits per heavy atom. The van der Waals surface area contributed by atoms with Gasteiger partial charge in [0.05, 0.1) is 6.26 Å². The van der Waals surface area contributed by atoms with Crippen molar-refractivity contribution in [2.24, 2.45) is 11.7 Å². The normalized spacial score (nSPS) is 15.6. The highest BCUT2D eigenvalue weighted by Gasteiger charge is 2.29. The molecule has 0 amide bonds. The van der Waals surface area contributed by atoms with E-state index in [-0.39, 0.29) is 5.41 Å². The van der Waals surface area contributed by atoms with Crippen molar-refractivity contribution in [2.75, 3.05) is 6.54 Å². The second-order valence-corrected chi connectivity index (χ2v) is 4.95. The van der Waals surface area contributed by atoms with Crippen LogP contribution in [0.25, 0.3) is 11.0 Å². The van der Waals surface area contributed by atoms with Crippen LogP contribution >= 0.6 is 0 Å². The van der Waals surface area contributed by atoms with Crippen LogP contribution in [0.5, 0.6) is 0 Å². The fraction of sp³-hybridized carbons (Fsp3) is 0.429. The summed E-state index contributed by atoms with van der Waals surface area (Å²) >= 11 is 0. The molecule has 2 heteroatoms. The van der Waals surface area contributed by atoms with Gasteiger partial charge in [-0.15, -0.1) is 0 Å². The van der Waals surface area contributed by atoms with Gasteiger partial charge in [0.15, 0.2) is 0 Å². The second-order valence-electron chi connectivity index (χ2n) is 4.95. The number of fused-ring (bicyclic) bond motifs is 1.